The molecule has 216 valence electrons. The first-order valence-electron chi connectivity index (χ1n) is 12.4. The predicted molar refractivity (Wildman–Crippen MR) is 146 cm³/mol. The van der Waals surface area contributed by atoms with Gasteiger partial charge in [0.2, 0.25) is 5.91 Å². The summed E-state index contributed by atoms with van der Waals surface area (Å²) in [6.45, 7) is 4.73. The number of aromatic nitrogens is 6. The molecule has 0 radical (unpaired) electrons. The van der Waals surface area contributed by atoms with Crippen LogP contribution in [0.25, 0.3) is 22.6 Å². The van der Waals surface area contributed by atoms with Gasteiger partial charge in [0.1, 0.15) is 32.9 Å². The van der Waals surface area contributed by atoms with Crippen molar-refractivity contribution in [2.24, 2.45) is 5.41 Å². The van der Waals surface area contributed by atoms with Crippen LogP contribution in [0.1, 0.15) is 49.9 Å². The zero-order valence-corrected chi connectivity index (χ0v) is 23.6. The minimum Gasteiger partial charge on any atom is -0.481 e. The van der Waals surface area contributed by atoms with Crippen molar-refractivity contribution >= 4 is 57.5 Å². The first kappa shape index (κ1) is 28.7. The molecule has 0 saturated heterocycles. The lowest BCUT2D eigenvalue weighted by Crippen LogP contribution is -2.33. The number of amides is 1. The Kier molecular flexibility index (Phi) is 6.93. The highest BCUT2D eigenvalue weighted by Crippen LogP contribution is 2.46. The number of hydrogen-bond donors (Lipinski definition) is 3. The van der Waals surface area contributed by atoms with Crippen LogP contribution in [0, 0.1) is 5.41 Å². The van der Waals surface area contributed by atoms with Crippen molar-refractivity contribution in [3.05, 3.63) is 38.9 Å². The van der Waals surface area contributed by atoms with Crippen molar-refractivity contribution in [3.8, 4) is 11.5 Å². The number of carbonyl (C=O) groups is 2. The van der Waals surface area contributed by atoms with Gasteiger partial charge in [0.25, 0.3) is 0 Å². The van der Waals surface area contributed by atoms with E-state index in [9.17, 15) is 27.9 Å². The van der Waals surface area contributed by atoms with Gasteiger partial charge in [-0.05, 0) is 39.3 Å². The normalized spacial score (nSPS) is 17.2. The molecule has 1 aliphatic heterocycles. The van der Waals surface area contributed by atoms with Crippen LogP contribution in [-0.4, -0.2) is 52.9 Å². The number of hydrogen-bond acceptors (Lipinski definition) is 9. The van der Waals surface area contributed by atoms with Gasteiger partial charge in [-0.2, -0.15) is 18.3 Å². The molecular weight excluding hydrogens is 585 g/mol. The Hall–Kier alpha value is -3.85. The second-order valence-corrected chi connectivity index (χ2v) is 11.8. The third-order valence-corrected chi connectivity index (χ3v) is 8.23. The number of carboxylic acid groups (broad SMARTS) is 1. The minimum atomic E-state index is -4.32. The summed E-state index contributed by atoms with van der Waals surface area (Å²) in [6.07, 6.45) is -5.38. The number of nitrogen functional groups attached to an aromatic ring is 1. The van der Waals surface area contributed by atoms with Crippen molar-refractivity contribution in [3.63, 3.8) is 0 Å². The fourth-order valence-electron chi connectivity index (χ4n) is 4.64. The molecule has 4 N–H and O–H groups in total. The van der Waals surface area contributed by atoms with E-state index in [1.165, 1.54) is 22.1 Å². The lowest BCUT2D eigenvalue weighted by Gasteiger charge is -2.20. The maximum Gasteiger partial charge on any atom is 0.389 e. The number of rotatable bonds is 8. The third kappa shape index (κ3) is 5.19. The number of fused-ring (bicyclic) bond motifs is 2. The van der Waals surface area contributed by atoms with Gasteiger partial charge in [-0.15, -0.1) is 11.3 Å². The Morgan fingerprint density at radius 2 is 1.95 bits per heavy atom. The molecule has 5 heterocycles. The number of nitrogens with zero attached hydrogens (tertiary/aromatic N) is 6. The molecule has 11 nitrogen and oxygen atoms in total. The summed E-state index contributed by atoms with van der Waals surface area (Å²) in [5, 5.41) is 19.3. The van der Waals surface area contributed by atoms with E-state index in [0.717, 1.165) is 0 Å². The molecule has 41 heavy (non-hydrogen) atoms. The first-order chi connectivity index (χ1) is 19.1. The van der Waals surface area contributed by atoms with Gasteiger partial charge < -0.3 is 16.2 Å². The average molecular weight is 609 g/mol. The Bertz CT molecular complexity index is 1700. The van der Waals surface area contributed by atoms with Gasteiger partial charge in [0.05, 0.1) is 22.1 Å². The molecule has 0 bridgehead atoms. The van der Waals surface area contributed by atoms with Crippen LogP contribution in [0.15, 0.2) is 17.5 Å². The molecule has 16 heteroatoms. The molecule has 1 amide bonds. The molecule has 1 unspecified atom stereocenters. The maximum absolute atomic E-state index is 13.3. The lowest BCUT2D eigenvalue weighted by atomic mass is 9.85. The molecule has 5 rings (SSSR count). The number of nitrogens with two attached hydrogens (primary N) is 1. The standard InChI is InChI=1S/C25H24ClF3N8O3S/c1-23(2,22(39)40)9-11-10-41-21(31-11)24(3)14-16(30)33-18(34-17(14)35-20(24)38)15-12-5-6-13(26)32-19(12)37(36-15)8-4-7-25(27,28)29/h5-6,10H,4,7-9H2,1-3H3,(H,39,40)(H3,30,33,34,35,38). The number of pyridine rings is 1. The van der Waals surface area contributed by atoms with E-state index in [2.05, 4.69) is 30.4 Å². The summed E-state index contributed by atoms with van der Waals surface area (Å²) in [5.41, 5.74) is 5.28. The van der Waals surface area contributed by atoms with E-state index < -0.39 is 35.3 Å². The van der Waals surface area contributed by atoms with Crippen LogP contribution in [-0.2, 0) is 28.0 Å². The number of carbonyl (C=O) groups excluding carboxylic acids is 1. The topological polar surface area (TPSA) is 162 Å². The van der Waals surface area contributed by atoms with Crippen molar-refractivity contribution < 1.29 is 27.9 Å². The molecule has 4 aromatic rings. The Labute approximate surface area is 240 Å². The molecule has 0 spiro atoms. The molecule has 0 aliphatic carbocycles. The smallest absolute Gasteiger partial charge is 0.389 e. The van der Waals surface area contributed by atoms with Crippen molar-refractivity contribution in [1.82, 2.24) is 29.7 Å². The largest absolute Gasteiger partial charge is 0.481 e. The number of carboxylic acids is 1. The van der Waals surface area contributed by atoms with Crippen LogP contribution in [0.3, 0.4) is 0 Å². The fourth-order valence-corrected chi connectivity index (χ4v) is 5.77. The van der Waals surface area contributed by atoms with E-state index in [4.69, 9.17) is 17.3 Å². The zero-order valence-electron chi connectivity index (χ0n) is 22.0. The van der Waals surface area contributed by atoms with Crippen molar-refractivity contribution in [2.75, 3.05) is 11.1 Å². The summed E-state index contributed by atoms with van der Waals surface area (Å²) >= 11 is 7.25. The Morgan fingerprint density at radius 3 is 2.63 bits per heavy atom. The Morgan fingerprint density at radius 1 is 1.22 bits per heavy atom. The maximum atomic E-state index is 13.3. The highest BCUT2D eigenvalue weighted by molar-refractivity contribution is 7.10. The fraction of sp³-hybridized carbons (Fsp3) is 0.400. The monoisotopic (exact) mass is 608 g/mol. The van der Waals surface area contributed by atoms with E-state index in [0.29, 0.717) is 21.7 Å². The second kappa shape index (κ2) is 9.91. The molecule has 1 aliphatic rings. The molecule has 4 aromatic heterocycles. The number of anilines is 2. The van der Waals surface area contributed by atoms with E-state index in [-0.39, 0.29) is 53.3 Å². The van der Waals surface area contributed by atoms with Crippen LogP contribution >= 0.6 is 22.9 Å². The van der Waals surface area contributed by atoms with Crippen LogP contribution in [0.5, 0.6) is 0 Å². The zero-order chi connectivity index (χ0) is 29.9. The van der Waals surface area contributed by atoms with E-state index in [1.54, 1.807) is 32.2 Å². The molecule has 0 fully saturated rings. The van der Waals surface area contributed by atoms with Gasteiger partial charge in [-0.1, -0.05) is 11.6 Å². The second-order valence-electron chi connectivity index (χ2n) is 10.5. The molecular formula is C25H24ClF3N8O3S. The average Bonchev–Trinajstić information content (AvgIpc) is 3.53. The third-order valence-electron chi connectivity index (χ3n) is 6.91. The molecule has 0 aromatic carbocycles. The van der Waals surface area contributed by atoms with E-state index >= 15 is 0 Å². The highest BCUT2D eigenvalue weighted by Gasteiger charge is 2.50. The first-order valence-corrected chi connectivity index (χ1v) is 13.6. The van der Waals surface area contributed by atoms with Crippen LogP contribution in [0.4, 0.5) is 24.8 Å². The van der Waals surface area contributed by atoms with E-state index in [1.807, 2.05) is 0 Å². The van der Waals surface area contributed by atoms with Crippen LogP contribution in [0.2, 0.25) is 5.15 Å². The number of aryl methyl sites for hydroxylation is 1. The van der Waals surface area contributed by atoms with Gasteiger partial charge in [0.15, 0.2) is 11.5 Å². The van der Waals surface area contributed by atoms with Crippen molar-refractivity contribution in [2.45, 2.75) is 58.2 Å². The Balaban J connectivity index is 1.53. The highest BCUT2D eigenvalue weighted by atomic mass is 35.5. The van der Waals surface area contributed by atoms with Gasteiger partial charge >= 0.3 is 12.1 Å². The lowest BCUT2D eigenvalue weighted by molar-refractivity contribution is -0.146. The number of nitrogens with one attached hydrogen (secondary N) is 1. The van der Waals surface area contributed by atoms with Crippen LogP contribution < -0.4 is 11.1 Å². The van der Waals surface area contributed by atoms with Crippen molar-refractivity contribution in [1.29, 1.82) is 0 Å². The van der Waals surface area contributed by atoms with Gasteiger partial charge in [-0.25, -0.2) is 24.6 Å². The minimum absolute atomic E-state index is 0.0184. The summed E-state index contributed by atoms with van der Waals surface area (Å²) in [4.78, 5) is 42.6. The predicted octanol–water partition coefficient (Wildman–Crippen LogP) is 4.83. The number of thiazole rings is 1. The summed E-state index contributed by atoms with van der Waals surface area (Å²) in [5.74, 6) is -1.25. The molecule has 1 atom stereocenters. The number of halogens is 4. The summed E-state index contributed by atoms with van der Waals surface area (Å²) in [6, 6.07) is 3.12. The van der Waals surface area contributed by atoms with Gasteiger partial charge in [-0.3, -0.25) is 9.59 Å². The number of alkyl halides is 3. The summed E-state index contributed by atoms with van der Waals surface area (Å²) < 4.78 is 39.5. The SMILES string of the molecule is CC(C)(Cc1csc(C2(C)C(=O)Nc3nc(-c4nn(CCCC(F)(F)F)c5nc(Cl)ccc45)nc(N)c32)n1)C(=O)O. The quantitative estimate of drug-likeness (QED) is 0.238. The van der Waals surface area contributed by atoms with Gasteiger partial charge in [0, 0.05) is 24.8 Å². The number of aliphatic carboxylic acids is 1. The summed E-state index contributed by atoms with van der Waals surface area (Å²) in [7, 11) is 0. The molecule has 0 saturated carbocycles.